The van der Waals surface area contributed by atoms with E-state index in [-0.39, 0.29) is 11.1 Å². The van der Waals surface area contributed by atoms with Crippen LogP contribution in [0.25, 0.3) is 0 Å². The maximum atomic E-state index is 11.1. The first-order valence-corrected chi connectivity index (χ1v) is 2.82. The van der Waals surface area contributed by atoms with Crippen LogP contribution in [-0.2, 0) is 9.59 Å². The van der Waals surface area contributed by atoms with Gasteiger partial charge in [-0.3, -0.25) is 9.59 Å². The van der Waals surface area contributed by atoms with Crippen molar-refractivity contribution in [3.05, 3.63) is 23.3 Å². The van der Waals surface area contributed by atoms with Gasteiger partial charge in [-0.15, -0.1) is 0 Å². The minimum Gasteiger partial charge on any atom is -0.290 e. The first-order valence-electron chi connectivity index (χ1n) is 4.32. The summed E-state index contributed by atoms with van der Waals surface area (Å²) >= 11 is 0. The molecule has 52 valence electrons. The molecule has 0 unspecified atom stereocenters. The lowest BCUT2D eigenvalue weighted by Crippen LogP contribution is -2.09. The van der Waals surface area contributed by atoms with Crippen molar-refractivity contribution in [1.29, 1.82) is 0 Å². The molecule has 10 heavy (non-hydrogen) atoms. The number of carbonyl (C=O) groups excluding carboxylic acids is 2. The standard InChI is InChI=1S/C8H8O2/c1-5-6(2)8(10)4-3-7(5)9/h3-4H,1-2H3/i1D3. The number of hydrogen-bond acceptors (Lipinski definition) is 2. The third kappa shape index (κ3) is 0.923. The van der Waals surface area contributed by atoms with E-state index in [4.69, 9.17) is 4.11 Å². The Labute approximate surface area is 63.4 Å². The zero-order valence-corrected chi connectivity index (χ0v) is 5.47. The molecule has 0 heterocycles. The summed E-state index contributed by atoms with van der Waals surface area (Å²) in [6.07, 6.45) is 2.09. The van der Waals surface area contributed by atoms with E-state index in [0.717, 1.165) is 12.2 Å². The Bertz CT molecular complexity index is 334. The Morgan fingerprint density at radius 3 is 2.10 bits per heavy atom. The number of carbonyl (C=O) groups is 2. The summed E-state index contributed by atoms with van der Waals surface area (Å²) < 4.78 is 21.1. The molecule has 0 aromatic rings. The van der Waals surface area contributed by atoms with Crippen LogP contribution in [0.4, 0.5) is 0 Å². The Hall–Kier alpha value is -1.18. The average molecular weight is 139 g/mol. The van der Waals surface area contributed by atoms with Gasteiger partial charge in [-0.25, -0.2) is 0 Å². The van der Waals surface area contributed by atoms with Crippen LogP contribution >= 0.6 is 0 Å². The summed E-state index contributed by atoms with van der Waals surface area (Å²) in [6.45, 7) is -1.15. The molecule has 2 heteroatoms. The van der Waals surface area contributed by atoms with Crippen LogP contribution in [0.15, 0.2) is 23.3 Å². The Morgan fingerprint density at radius 2 is 1.70 bits per heavy atom. The van der Waals surface area contributed by atoms with Gasteiger partial charge in [0.05, 0.1) is 0 Å². The van der Waals surface area contributed by atoms with Gasteiger partial charge in [-0.2, -0.15) is 0 Å². The fourth-order valence-corrected chi connectivity index (χ4v) is 0.668. The van der Waals surface area contributed by atoms with Crippen LogP contribution in [0.2, 0.25) is 0 Å². The molecule has 1 rings (SSSR count). The van der Waals surface area contributed by atoms with E-state index in [1.165, 1.54) is 6.92 Å². The Kier molecular flexibility index (Phi) is 0.854. The lowest BCUT2D eigenvalue weighted by atomic mass is 9.98. The molecule has 0 aromatic carbocycles. The van der Waals surface area contributed by atoms with Gasteiger partial charge in [0.25, 0.3) is 0 Å². The van der Waals surface area contributed by atoms with Crippen molar-refractivity contribution >= 4 is 11.6 Å². The molecule has 0 aromatic heterocycles. The van der Waals surface area contributed by atoms with E-state index >= 15 is 0 Å². The van der Waals surface area contributed by atoms with Gasteiger partial charge in [-0.05, 0) is 25.9 Å². The van der Waals surface area contributed by atoms with Crippen molar-refractivity contribution in [3.63, 3.8) is 0 Å². The number of allylic oxidation sites excluding steroid dienone is 4. The zero-order valence-electron chi connectivity index (χ0n) is 8.47. The molecule has 0 atom stereocenters. The lowest BCUT2D eigenvalue weighted by Gasteiger charge is -2.04. The highest BCUT2D eigenvalue weighted by molar-refractivity contribution is 6.19. The first kappa shape index (κ1) is 3.86. The molecule has 2 nitrogen and oxygen atoms in total. The minimum absolute atomic E-state index is 0.0208. The van der Waals surface area contributed by atoms with Crippen molar-refractivity contribution in [2.24, 2.45) is 0 Å². The van der Waals surface area contributed by atoms with Gasteiger partial charge in [-0.1, -0.05) is 0 Å². The summed E-state index contributed by atoms with van der Waals surface area (Å²) in [5.41, 5.74) is -0.340. The van der Waals surface area contributed by atoms with Crippen molar-refractivity contribution in [2.45, 2.75) is 13.8 Å². The largest absolute Gasteiger partial charge is 0.290 e. The second-order valence-electron chi connectivity index (χ2n) is 2.06. The highest BCUT2D eigenvalue weighted by Crippen LogP contribution is 2.11. The summed E-state index contributed by atoms with van der Waals surface area (Å²) in [7, 11) is 0. The van der Waals surface area contributed by atoms with Crippen molar-refractivity contribution in [1.82, 2.24) is 0 Å². The van der Waals surface area contributed by atoms with Gasteiger partial charge >= 0.3 is 0 Å². The molecule has 0 saturated carbocycles. The average Bonchev–Trinajstić information content (AvgIpc) is 1.95. The molecule has 0 N–H and O–H groups in total. The van der Waals surface area contributed by atoms with E-state index in [1.807, 2.05) is 0 Å². The van der Waals surface area contributed by atoms with Gasteiger partial charge in [0.1, 0.15) is 0 Å². The predicted octanol–water partition coefficient (Wildman–Crippen LogP) is 1.03. The van der Waals surface area contributed by atoms with E-state index in [2.05, 4.69) is 0 Å². The molecule has 0 saturated heterocycles. The zero-order chi connectivity index (χ0) is 10.2. The van der Waals surface area contributed by atoms with Crippen molar-refractivity contribution in [3.8, 4) is 0 Å². The summed E-state index contributed by atoms with van der Waals surface area (Å²) in [4.78, 5) is 22.2. The quantitative estimate of drug-likeness (QED) is 0.470. The van der Waals surface area contributed by atoms with Crippen molar-refractivity contribution < 1.29 is 13.7 Å². The SMILES string of the molecule is [2H]C([2H])([2H])C1=C(C)C(=O)C=CC1=O. The number of rotatable bonds is 0. The Balaban J connectivity index is 3.26. The summed E-state index contributed by atoms with van der Waals surface area (Å²) in [5, 5.41) is 0. The minimum atomic E-state index is -2.50. The second kappa shape index (κ2) is 2.21. The normalized spacial score (nSPS) is 24.3. The van der Waals surface area contributed by atoms with E-state index in [9.17, 15) is 9.59 Å². The van der Waals surface area contributed by atoms with E-state index in [0.29, 0.717) is 0 Å². The van der Waals surface area contributed by atoms with E-state index in [1.54, 1.807) is 0 Å². The molecule has 0 fully saturated rings. The van der Waals surface area contributed by atoms with Gasteiger partial charge in [0.15, 0.2) is 11.6 Å². The molecule has 0 spiro atoms. The van der Waals surface area contributed by atoms with E-state index < -0.39 is 18.4 Å². The molecular weight excluding hydrogens is 128 g/mol. The molecule has 0 radical (unpaired) electrons. The van der Waals surface area contributed by atoms with Crippen LogP contribution in [-0.4, -0.2) is 11.6 Å². The lowest BCUT2D eigenvalue weighted by molar-refractivity contribution is -0.115. The summed E-state index contributed by atoms with van der Waals surface area (Å²) in [6, 6.07) is 0. The van der Waals surface area contributed by atoms with Gasteiger partial charge < -0.3 is 0 Å². The van der Waals surface area contributed by atoms with Crippen molar-refractivity contribution in [2.75, 3.05) is 0 Å². The highest BCUT2D eigenvalue weighted by Gasteiger charge is 2.14. The summed E-state index contributed by atoms with van der Waals surface area (Å²) in [5.74, 6) is -1.01. The fraction of sp³-hybridized carbons (Fsp3) is 0.250. The molecule has 0 amide bonds. The number of hydrogen-bond donors (Lipinski definition) is 0. The molecule has 1 aliphatic rings. The van der Waals surface area contributed by atoms with Gasteiger partial charge in [0, 0.05) is 15.3 Å². The first-order chi connectivity index (χ1) is 5.84. The van der Waals surface area contributed by atoms with Gasteiger partial charge in [0.2, 0.25) is 0 Å². The van der Waals surface area contributed by atoms with Crippen LogP contribution in [0, 0.1) is 0 Å². The van der Waals surface area contributed by atoms with Crippen LogP contribution in [0.5, 0.6) is 0 Å². The third-order valence-corrected chi connectivity index (χ3v) is 1.38. The smallest absolute Gasteiger partial charge is 0.182 e. The van der Waals surface area contributed by atoms with Crippen LogP contribution < -0.4 is 0 Å². The predicted molar refractivity (Wildman–Crippen MR) is 37.5 cm³/mol. The van der Waals surface area contributed by atoms with Crippen LogP contribution in [0.1, 0.15) is 17.9 Å². The molecule has 0 bridgehead atoms. The fourth-order valence-electron chi connectivity index (χ4n) is 0.668. The monoisotopic (exact) mass is 139 g/mol. The molecule has 0 aliphatic heterocycles. The maximum absolute atomic E-state index is 11.1. The maximum Gasteiger partial charge on any atom is 0.182 e. The topological polar surface area (TPSA) is 34.1 Å². The number of ketones is 2. The highest BCUT2D eigenvalue weighted by atomic mass is 16.1. The third-order valence-electron chi connectivity index (χ3n) is 1.38. The molecular formula is C8H8O2. The van der Waals surface area contributed by atoms with Crippen LogP contribution in [0.3, 0.4) is 0 Å². The molecule has 1 aliphatic carbocycles. The Morgan fingerprint density at radius 1 is 1.20 bits per heavy atom. The second-order valence-corrected chi connectivity index (χ2v) is 2.06.